The molecule has 1 heterocycles. The Balaban J connectivity index is 2.22. The maximum Gasteiger partial charge on any atom is 0.315 e. The van der Waals surface area contributed by atoms with Gasteiger partial charge in [0.25, 0.3) is 0 Å². The lowest BCUT2D eigenvalue weighted by atomic mass is 9.78. The predicted molar refractivity (Wildman–Crippen MR) is 56.2 cm³/mol. The van der Waals surface area contributed by atoms with E-state index in [1.54, 1.807) is 0 Å². The summed E-state index contributed by atoms with van der Waals surface area (Å²) in [5.74, 6) is 0.157. The molecule has 2 rings (SSSR count). The van der Waals surface area contributed by atoms with Crippen LogP contribution in [0, 0.1) is 11.3 Å². The molecular formula is C12H18O3. The SMILES string of the molecule is CC(C)=CC[C@]12CC(COC1=O)CC2O. The molecule has 0 aromatic heterocycles. The molecule has 1 aliphatic heterocycles. The quantitative estimate of drug-likeness (QED) is 0.557. The van der Waals surface area contributed by atoms with Crippen LogP contribution in [0.4, 0.5) is 0 Å². The fraction of sp³-hybridized carbons (Fsp3) is 0.750. The summed E-state index contributed by atoms with van der Waals surface area (Å²) in [6, 6.07) is 0. The summed E-state index contributed by atoms with van der Waals surface area (Å²) in [4.78, 5) is 11.8. The molecule has 2 aliphatic rings. The highest BCUT2D eigenvalue weighted by Crippen LogP contribution is 2.49. The van der Waals surface area contributed by atoms with Crippen LogP contribution >= 0.6 is 0 Å². The van der Waals surface area contributed by atoms with E-state index in [1.165, 1.54) is 5.57 Å². The molecular weight excluding hydrogens is 192 g/mol. The number of hydrogen-bond donors (Lipinski definition) is 1. The van der Waals surface area contributed by atoms with Gasteiger partial charge in [-0.15, -0.1) is 0 Å². The first-order chi connectivity index (χ1) is 7.04. The van der Waals surface area contributed by atoms with Crippen LogP contribution in [-0.2, 0) is 9.53 Å². The monoisotopic (exact) mass is 210 g/mol. The number of allylic oxidation sites excluding steroid dienone is 2. The second kappa shape index (κ2) is 3.63. The molecule has 2 bridgehead atoms. The number of cyclic esters (lactones) is 1. The van der Waals surface area contributed by atoms with Gasteiger partial charge in [-0.05, 0) is 39.0 Å². The van der Waals surface area contributed by atoms with Gasteiger partial charge in [-0.2, -0.15) is 0 Å². The highest BCUT2D eigenvalue weighted by molar-refractivity contribution is 5.79. The Bertz CT molecular complexity index is 304. The summed E-state index contributed by atoms with van der Waals surface area (Å²) in [6.45, 7) is 4.50. The number of carbonyl (C=O) groups excluding carboxylic acids is 1. The molecule has 2 unspecified atom stereocenters. The molecule has 1 saturated heterocycles. The highest BCUT2D eigenvalue weighted by atomic mass is 16.5. The van der Waals surface area contributed by atoms with E-state index in [1.807, 2.05) is 19.9 Å². The van der Waals surface area contributed by atoms with Gasteiger partial charge in [-0.1, -0.05) is 11.6 Å². The minimum Gasteiger partial charge on any atom is -0.465 e. The average Bonchev–Trinajstić information content (AvgIpc) is 2.44. The molecule has 1 N–H and O–H groups in total. The standard InChI is InChI=1S/C12H18O3/c1-8(2)3-4-12-6-9(5-10(12)13)7-15-11(12)14/h3,9-10,13H,4-7H2,1-2H3/t9?,10?,12-/m1/s1. The molecule has 3 heteroatoms. The molecule has 0 radical (unpaired) electrons. The zero-order valence-electron chi connectivity index (χ0n) is 9.32. The topological polar surface area (TPSA) is 46.5 Å². The first-order valence-corrected chi connectivity index (χ1v) is 5.53. The summed E-state index contributed by atoms with van der Waals surface area (Å²) in [5, 5.41) is 10.0. The van der Waals surface area contributed by atoms with E-state index < -0.39 is 11.5 Å². The van der Waals surface area contributed by atoms with Gasteiger partial charge < -0.3 is 9.84 Å². The Kier molecular flexibility index (Phi) is 2.59. The van der Waals surface area contributed by atoms with E-state index in [4.69, 9.17) is 4.74 Å². The first kappa shape index (κ1) is 10.7. The van der Waals surface area contributed by atoms with Crippen molar-refractivity contribution >= 4 is 5.97 Å². The Morgan fingerprint density at radius 2 is 2.40 bits per heavy atom. The van der Waals surface area contributed by atoms with E-state index in [0.717, 1.165) is 6.42 Å². The zero-order valence-corrected chi connectivity index (χ0v) is 9.32. The number of hydrogen-bond acceptors (Lipinski definition) is 3. The summed E-state index contributed by atoms with van der Waals surface area (Å²) >= 11 is 0. The number of ether oxygens (including phenoxy) is 1. The van der Waals surface area contributed by atoms with Crippen LogP contribution in [0.1, 0.15) is 33.1 Å². The van der Waals surface area contributed by atoms with Gasteiger partial charge in [0.1, 0.15) is 0 Å². The fourth-order valence-electron chi connectivity index (χ4n) is 2.65. The van der Waals surface area contributed by atoms with Crippen molar-refractivity contribution < 1.29 is 14.6 Å². The molecule has 0 spiro atoms. The summed E-state index contributed by atoms with van der Waals surface area (Å²) in [7, 11) is 0. The molecule has 1 aliphatic carbocycles. The van der Waals surface area contributed by atoms with E-state index in [-0.39, 0.29) is 5.97 Å². The van der Waals surface area contributed by atoms with Crippen LogP contribution in [-0.4, -0.2) is 23.8 Å². The van der Waals surface area contributed by atoms with Crippen molar-refractivity contribution in [1.29, 1.82) is 0 Å². The average molecular weight is 210 g/mol. The van der Waals surface area contributed by atoms with Gasteiger partial charge in [-0.25, -0.2) is 0 Å². The number of carbonyl (C=O) groups is 1. The van der Waals surface area contributed by atoms with Gasteiger partial charge in [0.05, 0.1) is 18.1 Å². The maximum atomic E-state index is 11.8. The Labute approximate surface area is 90.1 Å². The fourth-order valence-corrected chi connectivity index (χ4v) is 2.65. The van der Waals surface area contributed by atoms with Gasteiger partial charge in [-0.3, -0.25) is 4.79 Å². The lowest BCUT2D eigenvalue weighted by Crippen LogP contribution is -2.41. The second-order valence-electron chi connectivity index (χ2n) is 5.06. The highest BCUT2D eigenvalue weighted by Gasteiger charge is 2.55. The van der Waals surface area contributed by atoms with Crippen molar-refractivity contribution in [2.45, 2.75) is 39.2 Å². The van der Waals surface area contributed by atoms with Crippen LogP contribution in [0.2, 0.25) is 0 Å². The smallest absolute Gasteiger partial charge is 0.315 e. The largest absolute Gasteiger partial charge is 0.465 e. The van der Waals surface area contributed by atoms with Crippen molar-refractivity contribution in [3.8, 4) is 0 Å². The van der Waals surface area contributed by atoms with Gasteiger partial charge in [0.15, 0.2) is 0 Å². The molecule has 15 heavy (non-hydrogen) atoms. The normalized spacial score (nSPS) is 38.7. The number of aliphatic hydroxyl groups excluding tert-OH is 1. The first-order valence-electron chi connectivity index (χ1n) is 5.53. The Morgan fingerprint density at radius 1 is 1.67 bits per heavy atom. The van der Waals surface area contributed by atoms with E-state index in [2.05, 4.69) is 0 Å². The van der Waals surface area contributed by atoms with E-state index >= 15 is 0 Å². The number of fused-ring (bicyclic) bond motifs is 2. The van der Waals surface area contributed by atoms with Crippen molar-refractivity contribution in [3.05, 3.63) is 11.6 Å². The predicted octanol–water partition coefficient (Wildman–Crippen LogP) is 1.66. The van der Waals surface area contributed by atoms with Crippen LogP contribution in [0.5, 0.6) is 0 Å². The Hall–Kier alpha value is -0.830. The molecule has 0 aromatic rings. The van der Waals surface area contributed by atoms with Crippen molar-refractivity contribution in [2.75, 3.05) is 6.61 Å². The number of esters is 1. The third kappa shape index (κ3) is 1.69. The molecule has 0 aromatic carbocycles. The summed E-state index contributed by atoms with van der Waals surface area (Å²) in [5.41, 5.74) is 0.540. The minimum absolute atomic E-state index is 0.207. The minimum atomic E-state index is -0.639. The van der Waals surface area contributed by atoms with Crippen molar-refractivity contribution in [1.82, 2.24) is 0 Å². The van der Waals surface area contributed by atoms with Gasteiger partial charge in [0.2, 0.25) is 0 Å². The molecule has 0 amide bonds. The van der Waals surface area contributed by atoms with E-state index in [0.29, 0.717) is 25.4 Å². The molecule has 3 nitrogen and oxygen atoms in total. The number of aliphatic hydroxyl groups is 1. The third-order valence-electron chi connectivity index (χ3n) is 3.58. The van der Waals surface area contributed by atoms with Crippen LogP contribution < -0.4 is 0 Å². The lowest BCUT2D eigenvalue weighted by Gasteiger charge is -2.32. The summed E-state index contributed by atoms with van der Waals surface area (Å²) < 4.78 is 5.14. The van der Waals surface area contributed by atoms with Gasteiger partial charge >= 0.3 is 5.97 Å². The molecule has 2 fully saturated rings. The van der Waals surface area contributed by atoms with Crippen molar-refractivity contribution in [3.63, 3.8) is 0 Å². The Morgan fingerprint density at radius 3 is 3.07 bits per heavy atom. The lowest BCUT2D eigenvalue weighted by molar-refractivity contribution is -0.165. The molecule has 3 atom stereocenters. The second-order valence-corrected chi connectivity index (χ2v) is 5.06. The van der Waals surface area contributed by atoms with Crippen LogP contribution in [0.15, 0.2) is 11.6 Å². The molecule has 84 valence electrons. The maximum absolute atomic E-state index is 11.8. The van der Waals surface area contributed by atoms with Crippen LogP contribution in [0.3, 0.4) is 0 Å². The summed E-state index contributed by atoms with van der Waals surface area (Å²) in [6.07, 6.45) is 3.62. The zero-order chi connectivity index (χ0) is 11.1. The van der Waals surface area contributed by atoms with Crippen molar-refractivity contribution in [2.24, 2.45) is 11.3 Å². The van der Waals surface area contributed by atoms with Gasteiger partial charge in [0, 0.05) is 0 Å². The van der Waals surface area contributed by atoms with E-state index in [9.17, 15) is 9.90 Å². The third-order valence-corrected chi connectivity index (χ3v) is 3.58. The molecule has 1 saturated carbocycles. The van der Waals surface area contributed by atoms with Crippen LogP contribution in [0.25, 0.3) is 0 Å². The number of rotatable bonds is 2.